The second-order valence-corrected chi connectivity index (χ2v) is 8.55. The van der Waals surface area contributed by atoms with E-state index in [0.29, 0.717) is 19.1 Å². The van der Waals surface area contributed by atoms with Crippen LogP contribution in [-0.2, 0) is 4.79 Å². The molecule has 154 valence electrons. The van der Waals surface area contributed by atoms with Crippen LogP contribution in [0.15, 0.2) is 22.5 Å². The maximum atomic E-state index is 11.9. The number of aliphatic imine (C=N–C) groups is 1. The molecule has 3 N–H and O–H groups in total. The molecule has 1 aromatic rings. The molecule has 0 atom stereocenters. The number of thiophene rings is 1. The third-order valence-electron chi connectivity index (χ3n) is 4.35. The predicted octanol–water partition coefficient (Wildman–Crippen LogP) is 3.05. The molecule has 0 aliphatic carbocycles. The number of amides is 1. The van der Waals surface area contributed by atoms with Crippen molar-refractivity contribution in [2.75, 3.05) is 37.6 Å². The number of rotatable bonds is 6. The minimum atomic E-state index is -0.358. The first-order valence-corrected chi connectivity index (χ1v) is 10.4. The zero-order valence-electron chi connectivity index (χ0n) is 16.9. The average Bonchev–Trinajstić information content (AvgIpc) is 3.13. The van der Waals surface area contributed by atoms with Gasteiger partial charge >= 0.3 is 0 Å². The summed E-state index contributed by atoms with van der Waals surface area (Å²) < 4.78 is 0. The zero-order chi connectivity index (χ0) is 19.0. The van der Waals surface area contributed by atoms with Crippen LogP contribution in [0.5, 0.6) is 0 Å². The molecular formula is C19H34IN5OS. The summed E-state index contributed by atoms with van der Waals surface area (Å²) in [4.78, 5) is 18.9. The van der Waals surface area contributed by atoms with Crippen molar-refractivity contribution in [3.63, 3.8) is 0 Å². The monoisotopic (exact) mass is 507 g/mol. The maximum Gasteiger partial charge on any atom is 0.225 e. The molecule has 1 amide bonds. The lowest BCUT2D eigenvalue weighted by molar-refractivity contribution is -0.128. The van der Waals surface area contributed by atoms with E-state index < -0.39 is 0 Å². The number of nitrogens with zero attached hydrogens (tertiary/aromatic N) is 2. The van der Waals surface area contributed by atoms with Crippen LogP contribution in [-0.4, -0.2) is 50.6 Å². The Labute approximate surface area is 184 Å². The predicted molar refractivity (Wildman–Crippen MR) is 127 cm³/mol. The number of piperidine rings is 1. The van der Waals surface area contributed by atoms with Gasteiger partial charge in [-0.15, -0.1) is 35.3 Å². The Morgan fingerprint density at radius 2 is 2.00 bits per heavy atom. The molecule has 0 radical (unpaired) electrons. The summed E-state index contributed by atoms with van der Waals surface area (Å²) in [5.74, 6) is 0.902. The summed E-state index contributed by atoms with van der Waals surface area (Å²) in [6.07, 6.45) is 2.20. The number of guanidine groups is 1. The highest BCUT2D eigenvalue weighted by molar-refractivity contribution is 14.0. The van der Waals surface area contributed by atoms with Crippen molar-refractivity contribution in [2.45, 2.75) is 46.6 Å². The lowest BCUT2D eigenvalue weighted by Gasteiger charge is -2.33. The summed E-state index contributed by atoms with van der Waals surface area (Å²) in [6.45, 7) is 11.9. The molecular weight excluding hydrogens is 473 g/mol. The lowest BCUT2D eigenvalue weighted by atomic mass is 9.96. The molecule has 8 heteroatoms. The van der Waals surface area contributed by atoms with Crippen molar-refractivity contribution in [3.05, 3.63) is 17.5 Å². The molecule has 2 heterocycles. The van der Waals surface area contributed by atoms with E-state index in [4.69, 9.17) is 0 Å². The minimum absolute atomic E-state index is 0. The van der Waals surface area contributed by atoms with E-state index in [0.717, 1.165) is 38.4 Å². The van der Waals surface area contributed by atoms with E-state index in [-0.39, 0.29) is 35.3 Å². The van der Waals surface area contributed by atoms with E-state index in [1.165, 1.54) is 5.00 Å². The first kappa shape index (κ1) is 24.0. The van der Waals surface area contributed by atoms with Crippen LogP contribution in [0.25, 0.3) is 0 Å². The summed E-state index contributed by atoms with van der Waals surface area (Å²) in [6, 6.07) is 4.74. The molecule has 1 aliphatic heterocycles. The van der Waals surface area contributed by atoms with Gasteiger partial charge in [-0.2, -0.15) is 0 Å². The number of hydrogen-bond acceptors (Lipinski definition) is 4. The Morgan fingerprint density at radius 3 is 2.56 bits per heavy atom. The fourth-order valence-corrected chi connectivity index (χ4v) is 3.60. The summed E-state index contributed by atoms with van der Waals surface area (Å²) in [5.41, 5.74) is -0.358. The van der Waals surface area contributed by atoms with Crippen LogP contribution < -0.4 is 20.9 Å². The third kappa shape index (κ3) is 8.25. The first-order valence-electron chi connectivity index (χ1n) is 9.51. The van der Waals surface area contributed by atoms with Crippen LogP contribution in [0, 0.1) is 5.41 Å². The van der Waals surface area contributed by atoms with E-state index in [9.17, 15) is 4.79 Å². The molecule has 0 unspecified atom stereocenters. The van der Waals surface area contributed by atoms with Gasteiger partial charge in [0.15, 0.2) is 5.96 Å². The molecule has 0 bridgehead atoms. The first-order chi connectivity index (χ1) is 12.4. The Morgan fingerprint density at radius 1 is 1.30 bits per heavy atom. The van der Waals surface area contributed by atoms with Gasteiger partial charge in [-0.25, -0.2) is 0 Å². The molecule has 1 fully saturated rings. The number of hydrogen-bond donors (Lipinski definition) is 3. The van der Waals surface area contributed by atoms with Gasteiger partial charge < -0.3 is 20.9 Å². The second kappa shape index (κ2) is 11.7. The van der Waals surface area contributed by atoms with Crippen molar-refractivity contribution < 1.29 is 4.79 Å². The minimum Gasteiger partial charge on any atom is -0.363 e. The standard InChI is InChI=1S/C19H33N5OS.HI/c1-5-20-18(22-11-10-21-17(25)19(2,3)4)23-15-8-12-24(13-9-15)16-7-6-14-26-16;/h6-7,14-15H,5,8-13H2,1-4H3,(H,21,25)(H2,20,22,23);1H. The number of anilines is 1. The Hall–Kier alpha value is -1.03. The van der Waals surface area contributed by atoms with Crippen LogP contribution in [0.4, 0.5) is 5.00 Å². The second-order valence-electron chi connectivity index (χ2n) is 7.62. The van der Waals surface area contributed by atoms with Gasteiger partial charge in [-0.1, -0.05) is 20.8 Å². The lowest BCUT2D eigenvalue weighted by Crippen LogP contribution is -2.49. The molecule has 1 saturated heterocycles. The summed E-state index contributed by atoms with van der Waals surface area (Å²) in [7, 11) is 0. The normalized spacial score (nSPS) is 15.9. The number of halogens is 1. The van der Waals surface area contributed by atoms with E-state index >= 15 is 0 Å². The molecule has 0 spiro atoms. The van der Waals surface area contributed by atoms with E-state index in [1.54, 1.807) is 11.3 Å². The van der Waals surface area contributed by atoms with Crippen molar-refractivity contribution in [1.82, 2.24) is 16.0 Å². The van der Waals surface area contributed by atoms with Crippen LogP contribution in [0.3, 0.4) is 0 Å². The molecule has 0 aromatic carbocycles. The van der Waals surface area contributed by atoms with Gasteiger partial charge in [0, 0.05) is 37.6 Å². The highest BCUT2D eigenvalue weighted by Crippen LogP contribution is 2.24. The fourth-order valence-electron chi connectivity index (χ4n) is 2.81. The van der Waals surface area contributed by atoms with Gasteiger partial charge in [0.2, 0.25) is 5.91 Å². The Balaban J connectivity index is 0.00000364. The fraction of sp³-hybridized carbons (Fsp3) is 0.684. The highest BCUT2D eigenvalue weighted by Gasteiger charge is 2.21. The molecule has 6 nitrogen and oxygen atoms in total. The third-order valence-corrected chi connectivity index (χ3v) is 5.28. The van der Waals surface area contributed by atoms with Crippen molar-refractivity contribution in [3.8, 4) is 0 Å². The van der Waals surface area contributed by atoms with Gasteiger partial charge in [-0.3, -0.25) is 9.79 Å². The van der Waals surface area contributed by atoms with Crippen LogP contribution >= 0.6 is 35.3 Å². The summed E-state index contributed by atoms with van der Waals surface area (Å²) >= 11 is 1.81. The quantitative estimate of drug-likeness (QED) is 0.240. The van der Waals surface area contributed by atoms with Crippen molar-refractivity contribution in [2.24, 2.45) is 10.4 Å². The van der Waals surface area contributed by atoms with Gasteiger partial charge in [0.05, 0.1) is 11.5 Å². The van der Waals surface area contributed by atoms with Crippen molar-refractivity contribution >= 4 is 52.2 Å². The SMILES string of the molecule is CCNC(=NCCNC(=O)C(C)(C)C)NC1CCN(c2cccs2)CC1.I. The van der Waals surface area contributed by atoms with Crippen molar-refractivity contribution in [1.29, 1.82) is 0 Å². The Bertz CT molecular complexity index is 577. The number of carbonyl (C=O) groups is 1. The molecule has 0 saturated carbocycles. The van der Waals surface area contributed by atoms with Gasteiger partial charge in [0.1, 0.15) is 0 Å². The van der Waals surface area contributed by atoms with E-state index in [2.05, 4.69) is 50.3 Å². The molecule has 2 rings (SSSR count). The number of carbonyl (C=O) groups excluding carboxylic acids is 1. The zero-order valence-corrected chi connectivity index (χ0v) is 20.0. The largest absolute Gasteiger partial charge is 0.363 e. The molecule has 1 aliphatic rings. The number of nitrogens with one attached hydrogen (secondary N) is 3. The smallest absolute Gasteiger partial charge is 0.225 e. The maximum absolute atomic E-state index is 11.9. The Kier molecular flexibility index (Phi) is 10.4. The topological polar surface area (TPSA) is 68.8 Å². The average molecular weight is 507 g/mol. The van der Waals surface area contributed by atoms with Crippen LogP contribution in [0.1, 0.15) is 40.5 Å². The van der Waals surface area contributed by atoms with Crippen LogP contribution in [0.2, 0.25) is 0 Å². The van der Waals surface area contributed by atoms with E-state index in [1.807, 2.05) is 20.8 Å². The van der Waals surface area contributed by atoms with Gasteiger partial charge in [-0.05, 0) is 37.3 Å². The van der Waals surface area contributed by atoms with Gasteiger partial charge in [0.25, 0.3) is 0 Å². The molecule has 27 heavy (non-hydrogen) atoms. The molecule has 1 aromatic heterocycles. The highest BCUT2D eigenvalue weighted by atomic mass is 127. The summed E-state index contributed by atoms with van der Waals surface area (Å²) in [5, 5.41) is 13.3.